The first-order valence-electron chi connectivity index (χ1n) is 7.14. The molecule has 5 heteroatoms. The van der Waals surface area contributed by atoms with E-state index in [2.05, 4.69) is 10.3 Å². The van der Waals surface area contributed by atoms with E-state index in [4.69, 9.17) is 10.5 Å². The monoisotopic (exact) mass is 277 g/mol. The van der Waals surface area contributed by atoms with E-state index in [1.54, 1.807) is 12.4 Å². The third kappa shape index (κ3) is 3.55. The molecule has 1 atom stereocenters. The van der Waals surface area contributed by atoms with E-state index in [-0.39, 0.29) is 11.9 Å². The average Bonchev–Trinajstić information content (AvgIpc) is 2.48. The smallest absolute Gasteiger partial charge is 0.227 e. The Kier molecular flexibility index (Phi) is 5.09. The van der Waals surface area contributed by atoms with Gasteiger partial charge >= 0.3 is 0 Å². The molecule has 2 rings (SSSR count). The van der Waals surface area contributed by atoms with Crippen molar-refractivity contribution in [3.63, 3.8) is 0 Å². The predicted molar refractivity (Wildman–Crippen MR) is 77.1 cm³/mol. The molecule has 1 saturated heterocycles. The van der Waals surface area contributed by atoms with Gasteiger partial charge in [0.2, 0.25) is 5.91 Å². The van der Waals surface area contributed by atoms with Gasteiger partial charge in [0.25, 0.3) is 0 Å². The molecule has 20 heavy (non-hydrogen) atoms. The number of amides is 1. The summed E-state index contributed by atoms with van der Waals surface area (Å²) in [4.78, 5) is 16.5. The van der Waals surface area contributed by atoms with Crippen molar-refractivity contribution < 1.29 is 9.53 Å². The molecule has 0 spiro atoms. The molecular weight excluding hydrogens is 254 g/mol. The zero-order valence-electron chi connectivity index (χ0n) is 12.0. The Morgan fingerprint density at radius 3 is 2.70 bits per heavy atom. The molecule has 1 fully saturated rings. The van der Waals surface area contributed by atoms with Gasteiger partial charge in [0.1, 0.15) is 0 Å². The van der Waals surface area contributed by atoms with Crippen LogP contribution in [0.3, 0.4) is 0 Å². The van der Waals surface area contributed by atoms with Gasteiger partial charge in [-0.3, -0.25) is 9.78 Å². The summed E-state index contributed by atoms with van der Waals surface area (Å²) < 4.78 is 5.33. The largest absolute Gasteiger partial charge is 0.381 e. The van der Waals surface area contributed by atoms with E-state index in [9.17, 15) is 4.79 Å². The van der Waals surface area contributed by atoms with Gasteiger partial charge in [0.15, 0.2) is 0 Å². The number of pyridine rings is 1. The maximum atomic E-state index is 12.5. The van der Waals surface area contributed by atoms with Crippen molar-refractivity contribution >= 4 is 5.91 Å². The Labute approximate surface area is 119 Å². The molecule has 0 aromatic carbocycles. The normalized spacial score (nSPS) is 19.3. The van der Waals surface area contributed by atoms with Crippen LogP contribution in [-0.4, -0.2) is 36.7 Å². The Hall–Kier alpha value is -1.46. The SMILES string of the molecule is CC(Cc1ccncc1)NC(=O)C1(CN)CCOCC1. The number of hydrogen-bond donors (Lipinski definition) is 2. The minimum absolute atomic E-state index is 0.0601. The van der Waals surface area contributed by atoms with Crippen LogP contribution in [0.25, 0.3) is 0 Å². The van der Waals surface area contributed by atoms with Gasteiger partial charge in [-0.15, -0.1) is 0 Å². The van der Waals surface area contributed by atoms with Gasteiger partial charge < -0.3 is 15.8 Å². The van der Waals surface area contributed by atoms with Crippen molar-refractivity contribution in [3.8, 4) is 0 Å². The highest BCUT2D eigenvalue weighted by atomic mass is 16.5. The molecule has 1 aliphatic rings. The molecule has 5 nitrogen and oxygen atoms in total. The topological polar surface area (TPSA) is 77.2 Å². The zero-order chi connectivity index (χ0) is 14.4. The van der Waals surface area contributed by atoms with Gasteiger partial charge in [-0.25, -0.2) is 0 Å². The number of nitrogens with one attached hydrogen (secondary N) is 1. The average molecular weight is 277 g/mol. The fourth-order valence-corrected chi connectivity index (χ4v) is 2.59. The van der Waals surface area contributed by atoms with Gasteiger partial charge in [-0.05, 0) is 43.9 Å². The van der Waals surface area contributed by atoms with Crippen molar-refractivity contribution in [3.05, 3.63) is 30.1 Å². The summed E-state index contributed by atoms with van der Waals surface area (Å²) in [6, 6.07) is 4.02. The summed E-state index contributed by atoms with van der Waals surface area (Å²) in [6.07, 6.45) is 5.74. The van der Waals surface area contributed by atoms with Crippen LogP contribution in [0, 0.1) is 5.41 Å². The van der Waals surface area contributed by atoms with Crippen LogP contribution in [0.4, 0.5) is 0 Å². The van der Waals surface area contributed by atoms with Crippen LogP contribution in [-0.2, 0) is 16.0 Å². The zero-order valence-corrected chi connectivity index (χ0v) is 12.0. The lowest BCUT2D eigenvalue weighted by Crippen LogP contribution is -2.51. The Morgan fingerprint density at radius 1 is 1.45 bits per heavy atom. The second kappa shape index (κ2) is 6.81. The first kappa shape index (κ1) is 14.9. The number of nitrogens with two attached hydrogens (primary N) is 1. The molecule has 0 bridgehead atoms. The minimum Gasteiger partial charge on any atom is -0.381 e. The Morgan fingerprint density at radius 2 is 2.10 bits per heavy atom. The molecule has 0 radical (unpaired) electrons. The van der Waals surface area contributed by atoms with E-state index >= 15 is 0 Å². The molecule has 1 aromatic rings. The third-order valence-corrected chi connectivity index (χ3v) is 3.99. The lowest BCUT2D eigenvalue weighted by atomic mass is 9.79. The van der Waals surface area contributed by atoms with Crippen molar-refractivity contribution in [1.29, 1.82) is 0 Å². The molecule has 3 N–H and O–H groups in total. The fraction of sp³-hybridized carbons (Fsp3) is 0.600. The lowest BCUT2D eigenvalue weighted by molar-refractivity contribution is -0.136. The van der Waals surface area contributed by atoms with Crippen LogP contribution >= 0.6 is 0 Å². The number of aromatic nitrogens is 1. The van der Waals surface area contributed by atoms with Gasteiger partial charge in [0, 0.05) is 38.2 Å². The van der Waals surface area contributed by atoms with Crippen LogP contribution < -0.4 is 11.1 Å². The highest BCUT2D eigenvalue weighted by Gasteiger charge is 2.39. The highest BCUT2D eigenvalue weighted by molar-refractivity contribution is 5.83. The molecule has 1 aromatic heterocycles. The van der Waals surface area contributed by atoms with Gasteiger partial charge in [-0.1, -0.05) is 0 Å². The van der Waals surface area contributed by atoms with E-state index in [1.807, 2.05) is 19.1 Å². The summed E-state index contributed by atoms with van der Waals surface area (Å²) in [6.45, 7) is 3.62. The Bertz CT molecular complexity index is 430. The highest BCUT2D eigenvalue weighted by Crippen LogP contribution is 2.29. The van der Waals surface area contributed by atoms with Crippen LogP contribution in [0.2, 0.25) is 0 Å². The van der Waals surface area contributed by atoms with Crippen molar-refractivity contribution in [2.24, 2.45) is 11.1 Å². The Balaban J connectivity index is 1.92. The summed E-state index contributed by atoms with van der Waals surface area (Å²) in [5.41, 5.74) is 6.56. The summed E-state index contributed by atoms with van der Waals surface area (Å²) in [5.74, 6) is 0.0601. The van der Waals surface area contributed by atoms with Gasteiger partial charge in [0.05, 0.1) is 5.41 Å². The number of hydrogen-bond acceptors (Lipinski definition) is 4. The summed E-state index contributed by atoms with van der Waals surface area (Å²) >= 11 is 0. The van der Waals surface area contributed by atoms with Crippen LogP contribution in [0.15, 0.2) is 24.5 Å². The van der Waals surface area contributed by atoms with E-state index in [1.165, 1.54) is 5.56 Å². The standard InChI is InChI=1S/C15H23N3O2/c1-12(10-13-2-6-17-7-3-13)18-14(19)15(11-16)4-8-20-9-5-15/h2-3,6-7,12H,4-5,8-11,16H2,1H3,(H,18,19). The maximum Gasteiger partial charge on any atom is 0.227 e. The fourth-order valence-electron chi connectivity index (χ4n) is 2.59. The first-order valence-corrected chi connectivity index (χ1v) is 7.14. The van der Waals surface area contributed by atoms with E-state index < -0.39 is 5.41 Å². The number of ether oxygens (including phenoxy) is 1. The quantitative estimate of drug-likeness (QED) is 0.837. The van der Waals surface area contributed by atoms with E-state index in [0.717, 1.165) is 6.42 Å². The van der Waals surface area contributed by atoms with Crippen LogP contribution in [0.5, 0.6) is 0 Å². The van der Waals surface area contributed by atoms with E-state index in [0.29, 0.717) is 32.6 Å². The number of nitrogens with zero attached hydrogens (tertiary/aromatic N) is 1. The second-order valence-electron chi connectivity index (χ2n) is 5.53. The number of carbonyl (C=O) groups is 1. The van der Waals surface area contributed by atoms with Gasteiger partial charge in [-0.2, -0.15) is 0 Å². The lowest BCUT2D eigenvalue weighted by Gasteiger charge is -2.35. The first-order chi connectivity index (χ1) is 9.66. The van der Waals surface area contributed by atoms with Crippen molar-refractivity contribution in [2.45, 2.75) is 32.2 Å². The maximum absolute atomic E-state index is 12.5. The molecule has 2 heterocycles. The third-order valence-electron chi connectivity index (χ3n) is 3.99. The molecule has 0 saturated carbocycles. The summed E-state index contributed by atoms with van der Waals surface area (Å²) in [5, 5.41) is 3.09. The molecule has 1 aliphatic heterocycles. The van der Waals surface area contributed by atoms with Crippen LogP contribution in [0.1, 0.15) is 25.3 Å². The number of rotatable bonds is 5. The van der Waals surface area contributed by atoms with Crippen molar-refractivity contribution in [1.82, 2.24) is 10.3 Å². The minimum atomic E-state index is -0.454. The second-order valence-corrected chi connectivity index (χ2v) is 5.53. The number of carbonyl (C=O) groups excluding carboxylic acids is 1. The predicted octanol–water partition coefficient (Wildman–Crippen LogP) is 0.884. The molecule has 1 amide bonds. The summed E-state index contributed by atoms with van der Waals surface area (Å²) in [7, 11) is 0. The molecule has 110 valence electrons. The molecule has 0 aliphatic carbocycles. The molecular formula is C15H23N3O2. The molecule has 1 unspecified atom stereocenters. The van der Waals surface area contributed by atoms with Crippen molar-refractivity contribution in [2.75, 3.05) is 19.8 Å².